The van der Waals surface area contributed by atoms with Gasteiger partial charge in [-0.1, -0.05) is 36.4 Å². The van der Waals surface area contributed by atoms with Gasteiger partial charge < -0.3 is 5.32 Å². The van der Waals surface area contributed by atoms with Crippen LogP contribution in [0, 0.1) is 0 Å². The second-order valence-electron chi connectivity index (χ2n) is 4.63. The van der Waals surface area contributed by atoms with E-state index in [0.717, 1.165) is 12.8 Å². The highest BCUT2D eigenvalue weighted by Crippen LogP contribution is 2.07. The lowest BCUT2D eigenvalue weighted by atomic mass is 10.0. The van der Waals surface area contributed by atoms with Crippen molar-refractivity contribution in [1.82, 2.24) is 10.3 Å². The van der Waals surface area contributed by atoms with Crippen LogP contribution in [-0.4, -0.2) is 16.9 Å². The summed E-state index contributed by atoms with van der Waals surface area (Å²) in [6.45, 7) is 3.76. The molecule has 0 bridgehead atoms. The first-order chi connectivity index (χ1) is 9.79. The Hall–Kier alpha value is -2.42. The highest BCUT2D eigenvalue weighted by Gasteiger charge is 2.13. The number of benzene rings is 1. The Balaban J connectivity index is 2.02. The molecule has 0 radical (unpaired) electrons. The van der Waals surface area contributed by atoms with Gasteiger partial charge in [0, 0.05) is 18.4 Å². The van der Waals surface area contributed by atoms with Crippen LogP contribution in [0.4, 0.5) is 0 Å². The van der Waals surface area contributed by atoms with Gasteiger partial charge in [0.15, 0.2) is 0 Å². The van der Waals surface area contributed by atoms with E-state index in [1.54, 1.807) is 24.5 Å². The zero-order valence-corrected chi connectivity index (χ0v) is 11.3. The molecule has 0 aliphatic heterocycles. The van der Waals surface area contributed by atoms with Crippen LogP contribution in [0.3, 0.4) is 0 Å². The van der Waals surface area contributed by atoms with Crippen LogP contribution in [0.5, 0.6) is 0 Å². The maximum atomic E-state index is 12.1. The highest BCUT2D eigenvalue weighted by molar-refractivity contribution is 5.94. The lowest BCUT2D eigenvalue weighted by molar-refractivity contribution is 0.0937. The summed E-state index contributed by atoms with van der Waals surface area (Å²) in [4.78, 5) is 16.1. The molecule has 0 saturated heterocycles. The summed E-state index contributed by atoms with van der Waals surface area (Å²) < 4.78 is 0. The predicted molar refractivity (Wildman–Crippen MR) is 80.5 cm³/mol. The number of hydrogen-bond acceptors (Lipinski definition) is 2. The molecule has 0 aliphatic carbocycles. The molecule has 1 heterocycles. The van der Waals surface area contributed by atoms with Crippen molar-refractivity contribution in [1.29, 1.82) is 0 Å². The maximum Gasteiger partial charge on any atom is 0.253 e. The van der Waals surface area contributed by atoms with Gasteiger partial charge in [0.25, 0.3) is 5.91 Å². The summed E-state index contributed by atoms with van der Waals surface area (Å²) in [7, 11) is 0. The van der Waals surface area contributed by atoms with Crippen LogP contribution in [-0.2, 0) is 6.42 Å². The van der Waals surface area contributed by atoms with Crippen molar-refractivity contribution in [2.45, 2.75) is 18.9 Å². The Kier molecular flexibility index (Phi) is 5.07. The molecular weight excluding hydrogens is 248 g/mol. The zero-order chi connectivity index (χ0) is 14.2. The molecule has 0 spiro atoms. The van der Waals surface area contributed by atoms with Crippen molar-refractivity contribution in [2.24, 2.45) is 0 Å². The van der Waals surface area contributed by atoms with Gasteiger partial charge >= 0.3 is 0 Å². The molecular formula is C17H18N2O. The van der Waals surface area contributed by atoms with Crippen LogP contribution in [0.15, 0.2) is 67.5 Å². The van der Waals surface area contributed by atoms with E-state index in [2.05, 4.69) is 29.0 Å². The van der Waals surface area contributed by atoms with E-state index in [1.165, 1.54) is 5.56 Å². The largest absolute Gasteiger partial charge is 0.349 e. The number of nitrogens with zero attached hydrogens (tertiary/aromatic N) is 1. The second-order valence-corrected chi connectivity index (χ2v) is 4.63. The SMILES string of the molecule is C=CC[C@H](Cc1ccccc1)NC(=O)c1cccnc1. The van der Waals surface area contributed by atoms with Gasteiger partial charge in [0.1, 0.15) is 0 Å². The third kappa shape index (κ3) is 4.05. The van der Waals surface area contributed by atoms with E-state index < -0.39 is 0 Å². The Bertz CT molecular complexity index is 552. The molecule has 1 N–H and O–H groups in total. The van der Waals surface area contributed by atoms with Crippen molar-refractivity contribution in [3.05, 3.63) is 78.6 Å². The molecule has 0 fully saturated rings. The molecule has 0 aliphatic rings. The molecule has 0 unspecified atom stereocenters. The smallest absolute Gasteiger partial charge is 0.253 e. The van der Waals surface area contributed by atoms with Gasteiger partial charge in [-0.25, -0.2) is 0 Å². The molecule has 1 atom stereocenters. The number of hydrogen-bond donors (Lipinski definition) is 1. The fourth-order valence-electron chi connectivity index (χ4n) is 2.06. The molecule has 3 nitrogen and oxygen atoms in total. The minimum absolute atomic E-state index is 0.0441. The minimum atomic E-state index is -0.0964. The van der Waals surface area contributed by atoms with E-state index in [4.69, 9.17) is 0 Å². The molecule has 0 saturated carbocycles. The fourth-order valence-corrected chi connectivity index (χ4v) is 2.06. The molecule has 2 rings (SSSR count). The summed E-state index contributed by atoms with van der Waals surface area (Å²) in [5, 5.41) is 3.03. The number of nitrogens with one attached hydrogen (secondary N) is 1. The lowest BCUT2D eigenvalue weighted by Crippen LogP contribution is -2.36. The summed E-state index contributed by atoms with van der Waals surface area (Å²) in [5.41, 5.74) is 1.78. The fraction of sp³-hybridized carbons (Fsp3) is 0.176. The Labute approximate surface area is 119 Å². The van der Waals surface area contributed by atoms with Crippen LogP contribution in [0.2, 0.25) is 0 Å². The number of carbonyl (C=O) groups excluding carboxylic acids is 1. The third-order valence-electron chi connectivity index (χ3n) is 3.04. The molecule has 102 valence electrons. The first kappa shape index (κ1) is 14.0. The lowest BCUT2D eigenvalue weighted by Gasteiger charge is -2.17. The Morgan fingerprint density at radius 2 is 2.05 bits per heavy atom. The van der Waals surface area contributed by atoms with Gasteiger partial charge in [-0.05, 0) is 30.5 Å². The second kappa shape index (κ2) is 7.24. The summed E-state index contributed by atoms with van der Waals surface area (Å²) in [5.74, 6) is -0.0964. The first-order valence-electron chi connectivity index (χ1n) is 6.65. The van der Waals surface area contributed by atoms with Crippen molar-refractivity contribution in [2.75, 3.05) is 0 Å². The summed E-state index contributed by atoms with van der Waals surface area (Å²) in [6, 6.07) is 13.7. The first-order valence-corrected chi connectivity index (χ1v) is 6.65. The summed E-state index contributed by atoms with van der Waals surface area (Å²) in [6.07, 6.45) is 6.59. The molecule has 1 aromatic carbocycles. The zero-order valence-electron chi connectivity index (χ0n) is 11.3. The van der Waals surface area contributed by atoms with Crippen LogP contribution in [0.1, 0.15) is 22.3 Å². The minimum Gasteiger partial charge on any atom is -0.349 e. The normalized spacial score (nSPS) is 11.6. The molecule has 20 heavy (non-hydrogen) atoms. The van der Waals surface area contributed by atoms with Gasteiger partial charge in [-0.3, -0.25) is 9.78 Å². The van der Waals surface area contributed by atoms with E-state index in [-0.39, 0.29) is 11.9 Å². The summed E-state index contributed by atoms with van der Waals surface area (Å²) >= 11 is 0. The van der Waals surface area contributed by atoms with E-state index in [0.29, 0.717) is 5.56 Å². The van der Waals surface area contributed by atoms with Gasteiger partial charge in [-0.2, -0.15) is 0 Å². The average Bonchev–Trinajstić information content (AvgIpc) is 2.49. The van der Waals surface area contributed by atoms with Crippen molar-refractivity contribution >= 4 is 5.91 Å². The van der Waals surface area contributed by atoms with Crippen molar-refractivity contribution in [3.8, 4) is 0 Å². The molecule has 3 heteroatoms. The average molecular weight is 266 g/mol. The standard InChI is InChI=1S/C17H18N2O/c1-2-7-16(12-14-8-4-3-5-9-14)19-17(20)15-10-6-11-18-13-15/h2-6,8-11,13,16H,1,7,12H2,(H,19,20)/t16-/m1/s1. The van der Waals surface area contributed by atoms with E-state index in [1.807, 2.05) is 24.3 Å². The molecule has 2 aromatic rings. The highest BCUT2D eigenvalue weighted by atomic mass is 16.1. The van der Waals surface area contributed by atoms with Gasteiger partial charge in [-0.15, -0.1) is 6.58 Å². The van der Waals surface area contributed by atoms with Crippen molar-refractivity contribution in [3.63, 3.8) is 0 Å². The Morgan fingerprint density at radius 3 is 2.70 bits per heavy atom. The monoisotopic (exact) mass is 266 g/mol. The van der Waals surface area contributed by atoms with Crippen molar-refractivity contribution < 1.29 is 4.79 Å². The van der Waals surface area contributed by atoms with Gasteiger partial charge in [0.2, 0.25) is 0 Å². The predicted octanol–water partition coefficient (Wildman–Crippen LogP) is 3.00. The van der Waals surface area contributed by atoms with Crippen LogP contribution in [0.25, 0.3) is 0 Å². The maximum absolute atomic E-state index is 12.1. The van der Waals surface area contributed by atoms with E-state index >= 15 is 0 Å². The quantitative estimate of drug-likeness (QED) is 0.817. The number of carbonyl (C=O) groups is 1. The topological polar surface area (TPSA) is 42.0 Å². The van der Waals surface area contributed by atoms with Gasteiger partial charge in [0.05, 0.1) is 5.56 Å². The van der Waals surface area contributed by atoms with Crippen LogP contribution < -0.4 is 5.32 Å². The number of amides is 1. The van der Waals surface area contributed by atoms with Crippen LogP contribution >= 0.6 is 0 Å². The number of pyridine rings is 1. The molecule has 1 amide bonds. The molecule has 1 aromatic heterocycles. The number of aromatic nitrogens is 1. The number of rotatable bonds is 6. The Morgan fingerprint density at radius 1 is 1.25 bits per heavy atom. The van der Waals surface area contributed by atoms with E-state index in [9.17, 15) is 4.79 Å². The third-order valence-corrected chi connectivity index (χ3v) is 3.04.